The van der Waals surface area contributed by atoms with Gasteiger partial charge in [0.15, 0.2) is 0 Å². The van der Waals surface area contributed by atoms with Gasteiger partial charge >= 0.3 is 6.09 Å². The van der Waals surface area contributed by atoms with Crippen LogP contribution in [0.4, 0.5) is 4.79 Å². The lowest BCUT2D eigenvalue weighted by molar-refractivity contribution is 0.152. The Labute approximate surface area is 170 Å². The van der Waals surface area contributed by atoms with E-state index in [9.17, 15) is 4.79 Å². The van der Waals surface area contributed by atoms with Gasteiger partial charge in [-0.1, -0.05) is 44.5 Å². The molecular formula is C21H34ClNO3Si. The number of nitrogens with one attached hydrogen (secondary N) is 1. The number of carbonyl (C=O) groups is 1. The first-order chi connectivity index (χ1) is 12.6. The summed E-state index contributed by atoms with van der Waals surface area (Å²) in [6.07, 6.45) is 6.34. The second-order valence-corrected chi connectivity index (χ2v) is 13.2. The Balaban J connectivity index is 2.52. The van der Waals surface area contributed by atoms with Crippen molar-refractivity contribution in [2.75, 3.05) is 13.2 Å². The molecule has 0 aliphatic rings. The standard InChI is InChI=1S/C21H34ClNO3Si/c1-7-25-20(24)23-15-11-9-8-10-12-17-16-18(13-14-19(17)22)26-27(5,6)21(2,3)4/h8-9,13-14,16H,7,10-12,15H2,1-6H3,(H,23,24)/b9-8+. The third kappa shape index (κ3) is 8.39. The third-order valence-corrected chi connectivity index (χ3v) is 9.53. The molecule has 0 heterocycles. The van der Waals surface area contributed by atoms with Crippen molar-refractivity contribution in [3.05, 3.63) is 40.9 Å². The summed E-state index contributed by atoms with van der Waals surface area (Å²) in [4.78, 5) is 11.2. The lowest BCUT2D eigenvalue weighted by Gasteiger charge is -2.36. The highest BCUT2D eigenvalue weighted by atomic mass is 35.5. The first kappa shape index (κ1) is 23.6. The lowest BCUT2D eigenvalue weighted by Crippen LogP contribution is -2.43. The van der Waals surface area contributed by atoms with Crippen molar-refractivity contribution in [3.63, 3.8) is 0 Å². The fourth-order valence-corrected chi connectivity index (χ4v) is 3.40. The molecule has 0 atom stereocenters. The molecule has 0 saturated heterocycles. The van der Waals surface area contributed by atoms with Crippen LogP contribution < -0.4 is 9.74 Å². The fraction of sp³-hybridized carbons (Fsp3) is 0.571. The monoisotopic (exact) mass is 411 g/mol. The van der Waals surface area contributed by atoms with E-state index in [0.717, 1.165) is 35.6 Å². The highest BCUT2D eigenvalue weighted by Crippen LogP contribution is 2.38. The second-order valence-electron chi connectivity index (χ2n) is 8.06. The van der Waals surface area contributed by atoms with Crippen molar-refractivity contribution in [1.82, 2.24) is 5.32 Å². The van der Waals surface area contributed by atoms with Crippen LogP contribution in [0.25, 0.3) is 0 Å². The van der Waals surface area contributed by atoms with Crippen LogP contribution in [0, 0.1) is 0 Å². The molecule has 0 aliphatic carbocycles. The van der Waals surface area contributed by atoms with Gasteiger partial charge in [0.1, 0.15) is 5.75 Å². The zero-order valence-corrected chi connectivity index (χ0v) is 19.3. The van der Waals surface area contributed by atoms with Crippen molar-refractivity contribution < 1.29 is 14.0 Å². The van der Waals surface area contributed by atoms with Crippen molar-refractivity contribution in [3.8, 4) is 5.75 Å². The van der Waals surface area contributed by atoms with Gasteiger partial charge in [-0.2, -0.15) is 0 Å². The van der Waals surface area contributed by atoms with E-state index < -0.39 is 8.32 Å². The van der Waals surface area contributed by atoms with Crippen molar-refractivity contribution in [2.24, 2.45) is 0 Å². The molecule has 1 amide bonds. The van der Waals surface area contributed by atoms with E-state index in [0.29, 0.717) is 13.2 Å². The molecule has 0 aliphatic heterocycles. The molecule has 4 nitrogen and oxygen atoms in total. The Hall–Kier alpha value is -1.46. The van der Waals surface area contributed by atoms with Crippen LogP contribution in [0.15, 0.2) is 30.4 Å². The van der Waals surface area contributed by atoms with E-state index in [2.05, 4.69) is 57.4 Å². The van der Waals surface area contributed by atoms with Crippen LogP contribution >= 0.6 is 11.6 Å². The summed E-state index contributed by atoms with van der Waals surface area (Å²) in [5.74, 6) is 0.906. The van der Waals surface area contributed by atoms with Gasteiger partial charge in [-0.25, -0.2) is 4.79 Å². The first-order valence-corrected chi connectivity index (χ1v) is 12.9. The van der Waals surface area contributed by atoms with Crippen LogP contribution in [0.5, 0.6) is 5.75 Å². The largest absolute Gasteiger partial charge is 0.543 e. The van der Waals surface area contributed by atoms with Gasteiger partial charge in [-0.3, -0.25) is 0 Å². The zero-order valence-electron chi connectivity index (χ0n) is 17.5. The minimum Gasteiger partial charge on any atom is -0.543 e. The van der Waals surface area contributed by atoms with Gasteiger partial charge in [0.25, 0.3) is 0 Å². The minimum absolute atomic E-state index is 0.160. The quantitative estimate of drug-likeness (QED) is 0.292. The molecule has 1 N–H and O–H groups in total. The molecule has 1 aromatic rings. The van der Waals surface area contributed by atoms with Gasteiger partial charge in [0.05, 0.1) is 6.61 Å². The number of alkyl carbamates (subject to hydrolysis) is 1. The normalized spacial score (nSPS) is 12.3. The molecule has 0 aromatic heterocycles. The van der Waals surface area contributed by atoms with Crippen molar-refractivity contribution >= 4 is 26.0 Å². The predicted molar refractivity (Wildman–Crippen MR) is 116 cm³/mol. The Morgan fingerprint density at radius 1 is 1.22 bits per heavy atom. The van der Waals surface area contributed by atoms with Gasteiger partial charge in [0.2, 0.25) is 8.32 Å². The second kappa shape index (κ2) is 10.8. The topological polar surface area (TPSA) is 47.6 Å². The zero-order chi connectivity index (χ0) is 20.5. The molecule has 152 valence electrons. The van der Waals surface area contributed by atoms with E-state index in [4.69, 9.17) is 20.8 Å². The summed E-state index contributed by atoms with van der Waals surface area (Å²) < 4.78 is 11.2. The number of hydrogen-bond donors (Lipinski definition) is 1. The van der Waals surface area contributed by atoms with Crippen LogP contribution in [-0.4, -0.2) is 27.6 Å². The number of benzene rings is 1. The number of allylic oxidation sites excluding steroid dienone is 1. The SMILES string of the molecule is CCOC(=O)NCC/C=C/CCc1cc(O[Si](C)(C)C(C)(C)C)ccc1Cl. The van der Waals surface area contributed by atoms with Gasteiger partial charge in [0, 0.05) is 11.6 Å². The van der Waals surface area contributed by atoms with Crippen LogP contribution in [0.1, 0.15) is 46.1 Å². The van der Waals surface area contributed by atoms with E-state index in [1.165, 1.54) is 0 Å². The Morgan fingerprint density at radius 2 is 1.89 bits per heavy atom. The molecule has 0 unspecified atom stereocenters. The number of ether oxygens (including phenoxy) is 1. The van der Waals surface area contributed by atoms with Crippen molar-refractivity contribution in [1.29, 1.82) is 0 Å². The highest BCUT2D eigenvalue weighted by molar-refractivity contribution is 6.74. The van der Waals surface area contributed by atoms with Gasteiger partial charge in [-0.05, 0) is 68.1 Å². The average molecular weight is 412 g/mol. The van der Waals surface area contributed by atoms with Gasteiger partial charge < -0.3 is 14.5 Å². The van der Waals surface area contributed by atoms with Crippen molar-refractivity contribution in [2.45, 2.75) is 65.1 Å². The van der Waals surface area contributed by atoms with E-state index in [1.54, 1.807) is 6.92 Å². The molecule has 0 radical (unpaired) electrons. The maximum absolute atomic E-state index is 11.2. The molecular weight excluding hydrogens is 378 g/mol. The molecule has 0 bridgehead atoms. The molecule has 0 spiro atoms. The van der Waals surface area contributed by atoms with Crippen LogP contribution in [-0.2, 0) is 11.2 Å². The molecule has 1 rings (SSSR count). The van der Waals surface area contributed by atoms with Crippen LogP contribution in [0.2, 0.25) is 23.2 Å². The Morgan fingerprint density at radius 3 is 2.52 bits per heavy atom. The fourth-order valence-electron chi connectivity index (χ4n) is 2.17. The van der Waals surface area contributed by atoms with E-state index in [-0.39, 0.29) is 11.1 Å². The maximum atomic E-state index is 11.2. The number of amides is 1. The van der Waals surface area contributed by atoms with E-state index >= 15 is 0 Å². The maximum Gasteiger partial charge on any atom is 0.407 e. The number of carbonyl (C=O) groups excluding carboxylic acids is 1. The number of rotatable bonds is 9. The minimum atomic E-state index is -1.86. The number of aryl methyl sites for hydroxylation is 1. The number of halogens is 1. The summed E-state index contributed by atoms with van der Waals surface area (Å²) in [7, 11) is -1.86. The first-order valence-electron chi connectivity index (χ1n) is 9.60. The Kier molecular flexibility index (Phi) is 9.40. The Bertz CT molecular complexity index is 639. The summed E-state index contributed by atoms with van der Waals surface area (Å²) in [6.45, 7) is 13.9. The molecule has 0 saturated carbocycles. The molecule has 6 heteroatoms. The smallest absolute Gasteiger partial charge is 0.407 e. The van der Waals surface area contributed by atoms with Gasteiger partial charge in [-0.15, -0.1) is 0 Å². The lowest BCUT2D eigenvalue weighted by atomic mass is 10.1. The molecule has 27 heavy (non-hydrogen) atoms. The average Bonchev–Trinajstić information content (AvgIpc) is 2.55. The summed E-state index contributed by atoms with van der Waals surface area (Å²) in [6, 6.07) is 5.95. The van der Waals surface area contributed by atoms with E-state index in [1.807, 2.05) is 12.1 Å². The summed E-state index contributed by atoms with van der Waals surface area (Å²) in [5.41, 5.74) is 1.10. The predicted octanol–water partition coefficient (Wildman–Crippen LogP) is 6.35. The summed E-state index contributed by atoms with van der Waals surface area (Å²) in [5, 5.41) is 3.63. The molecule has 1 aromatic carbocycles. The molecule has 0 fully saturated rings. The summed E-state index contributed by atoms with van der Waals surface area (Å²) >= 11 is 6.35. The highest BCUT2D eigenvalue weighted by Gasteiger charge is 2.39. The van der Waals surface area contributed by atoms with Crippen LogP contribution in [0.3, 0.4) is 0 Å². The third-order valence-electron chi connectivity index (χ3n) is 4.80. The number of hydrogen-bond acceptors (Lipinski definition) is 3.